The monoisotopic (exact) mass is 373 g/mol. The first-order valence-electron chi connectivity index (χ1n) is 7.45. The minimum absolute atomic E-state index is 0.405. The fourth-order valence-electron chi connectivity index (χ4n) is 2.40. The molecule has 0 unspecified atom stereocenters. The standard InChI is InChI=1S/C16H13Cl2N7/c1-9-12(18)7-25(23-9)16-21-14(13-15(22-16)24(2)8-19-13)20-11-5-3-10(17)4-6-11/h3-8H,1-2H3,(H,20,21,22). The fraction of sp³-hybridized carbons (Fsp3) is 0.125. The second kappa shape index (κ2) is 6.02. The first-order chi connectivity index (χ1) is 12.0. The van der Waals surface area contributed by atoms with Gasteiger partial charge in [-0.2, -0.15) is 15.1 Å². The van der Waals surface area contributed by atoms with Gasteiger partial charge in [-0.05, 0) is 31.2 Å². The van der Waals surface area contributed by atoms with Crippen molar-refractivity contribution in [3.8, 4) is 5.95 Å². The van der Waals surface area contributed by atoms with Crippen LogP contribution in [-0.2, 0) is 7.05 Å². The summed E-state index contributed by atoms with van der Waals surface area (Å²) < 4.78 is 3.38. The van der Waals surface area contributed by atoms with E-state index in [1.807, 2.05) is 30.7 Å². The Bertz CT molecular complexity index is 1050. The predicted octanol–water partition coefficient (Wildman–Crippen LogP) is 3.91. The van der Waals surface area contributed by atoms with Crippen molar-refractivity contribution in [3.05, 3.63) is 52.5 Å². The number of nitrogens with one attached hydrogen (secondary N) is 1. The van der Waals surface area contributed by atoms with E-state index in [0.29, 0.717) is 38.7 Å². The Morgan fingerprint density at radius 1 is 1.08 bits per heavy atom. The van der Waals surface area contributed by atoms with Gasteiger partial charge in [-0.25, -0.2) is 9.67 Å². The van der Waals surface area contributed by atoms with Gasteiger partial charge in [0, 0.05) is 17.8 Å². The van der Waals surface area contributed by atoms with Crippen LogP contribution in [0.4, 0.5) is 11.5 Å². The number of aryl methyl sites for hydroxylation is 2. The molecular formula is C16H13Cl2N7. The molecule has 0 saturated heterocycles. The number of fused-ring (bicyclic) bond motifs is 1. The molecule has 9 heteroatoms. The van der Waals surface area contributed by atoms with Crippen LogP contribution in [0, 0.1) is 6.92 Å². The molecule has 0 spiro atoms. The van der Waals surface area contributed by atoms with E-state index in [0.717, 1.165) is 5.69 Å². The molecule has 0 bridgehead atoms. The van der Waals surface area contributed by atoms with E-state index < -0.39 is 0 Å². The summed E-state index contributed by atoms with van der Waals surface area (Å²) in [4.78, 5) is 13.5. The highest BCUT2D eigenvalue weighted by Gasteiger charge is 2.15. The van der Waals surface area contributed by atoms with E-state index in [-0.39, 0.29) is 0 Å². The average Bonchev–Trinajstić information content (AvgIpc) is 3.13. The van der Waals surface area contributed by atoms with Crippen molar-refractivity contribution in [3.63, 3.8) is 0 Å². The second-order valence-electron chi connectivity index (χ2n) is 5.54. The molecule has 0 aliphatic heterocycles. The number of anilines is 2. The molecule has 0 fully saturated rings. The zero-order valence-electron chi connectivity index (χ0n) is 13.4. The van der Waals surface area contributed by atoms with Crippen LogP contribution < -0.4 is 5.32 Å². The minimum atomic E-state index is 0.405. The zero-order chi connectivity index (χ0) is 17.6. The lowest BCUT2D eigenvalue weighted by Crippen LogP contribution is -2.06. The Labute approximate surface area is 153 Å². The lowest BCUT2D eigenvalue weighted by atomic mass is 10.3. The lowest BCUT2D eigenvalue weighted by Gasteiger charge is -2.09. The fourth-order valence-corrected chi connectivity index (χ4v) is 2.65. The van der Waals surface area contributed by atoms with E-state index in [2.05, 4.69) is 25.4 Å². The van der Waals surface area contributed by atoms with Gasteiger partial charge >= 0.3 is 0 Å². The number of rotatable bonds is 3. The largest absolute Gasteiger partial charge is 0.338 e. The van der Waals surface area contributed by atoms with Crippen LogP contribution >= 0.6 is 23.2 Å². The van der Waals surface area contributed by atoms with E-state index in [1.54, 1.807) is 29.3 Å². The summed E-state index contributed by atoms with van der Waals surface area (Å²) in [6, 6.07) is 7.35. The van der Waals surface area contributed by atoms with Crippen LogP contribution in [0.1, 0.15) is 5.69 Å². The van der Waals surface area contributed by atoms with E-state index >= 15 is 0 Å². The van der Waals surface area contributed by atoms with Crippen molar-refractivity contribution < 1.29 is 0 Å². The van der Waals surface area contributed by atoms with Gasteiger partial charge < -0.3 is 9.88 Å². The zero-order valence-corrected chi connectivity index (χ0v) is 14.9. The first-order valence-corrected chi connectivity index (χ1v) is 8.20. The van der Waals surface area contributed by atoms with Gasteiger partial charge in [0.25, 0.3) is 5.95 Å². The summed E-state index contributed by atoms with van der Waals surface area (Å²) in [6.45, 7) is 1.83. The quantitative estimate of drug-likeness (QED) is 0.589. The van der Waals surface area contributed by atoms with E-state index in [1.165, 1.54) is 0 Å². The Balaban J connectivity index is 1.85. The van der Waals surface area contributed by atoms with Gasteiger partial charge in [-0.15, -0.1) is 0 Å². The number of hydrogen-bond acceptors (Lipinski definition) is 5. The van der Waals surface area contributed by atoms with Gasteiger partial charge in [-0.3, -0.25) is 0 Å². The summed E-state index contributed by atoms with van der Waals surface area (Å²) in [5.41, 5.74) is 2.90. The van der Waals surface area contributed by atoms with Crippen molar-refractivity contribution in [2.75, 3.05) is 5.32 Å². The Hall–Kier alpha value is -2.64. The first kappa shape index (κ1) is 15.9. The Morgan fingerprint density at radius 2 is 1.84 bits per heavy atom. The molecular weight excluding hydrogens is 361 g/mol. The molecule has 126 valence electrons. The molecule has 0 aliphatic rings. The SMILES string of the molecule is Cc1nn(-c2nc(Nc3ccc(Cl)cc3)c3ncn(C)c3n2)cc1Cl. The molecule has 0 amide bonds. The van der Waals surface area contributed by atoms with Gasteiger partial charge in [0.1, 0.15) is 0 Å². The Morgan fingerprint density at radius 3 is 2.52 bits per heavy atom. The van der Waals surface area contributed by atoms with Gasteiger partial charge in [0.2, 0.25) is 0 Å². The van der Waals surface area contributed by atoms with Crippen LogP contribution in [0.15, 0.2) is 36.8 Å². The van der Waals surface area contributed by atoms with Crippen molar-refractivity contribution in [2.24, 2.45) is 7.05 Å². The van der Waals surface area contributed by atoms with Crippen molar-refractivity contribution in [1.29, 1.82) is 0 Å². The lowest BCUT2D eigenvalue weighted by molar-refractivity contribution is 0.798. The maximum Gasteiger partial charge on any atom is 0.254 e. The number of benzene rings is 1. The third-order valence-electron chi connectivity index (χ3n) is 3.70. The van der Waals surface area contributed by atoms with Gasteiger partial charge in [0.05, 0.1) is 23.2 Å². The number of imidazole rings is 1. The topological polar surface area (TPSA) is 73.5 Å². The number of hydrogen-bond donors (Lipinski definition) is 1. The molecule has 0 atom stereocenters. The number of nitrogens with zero attached hydrogens (tertiary/aromatic N) is 6. The highest BCUT2D eigenvalue weighted by atomic mass is 35.5. The van der Waals surface area contributed by atoms with E-state index in [9.17, 15) is 0 Å². The van der Waals surface area contributed by atoms with Crippen molar-refractivity contribution in [2.45, 2.75) is 6.92 Å². The third-order valence-corrected chi connectivity index (χ3v) is 4.32. The molecule has 3 aromatic heterocycles. The summed E-state index contributed by atoms with van der Waals surface area (Å²) in [5.74, 6) is 0.981. The minimum Gasteiger partial charge on any atom is -0.338 e. The summed E-state index contributed by atoms with van der Waals surface area (Å²) in [5, 5.41) is 8.83. The number of aromatic nitrogens is 6. The van der Waals surface area contributed by atoms with Crippen molar-refractivity contribution >= 4 is 45.9 Å². The van der Waals surface area contributed by atoms with Crippen LogP contribution in [0.25, 0.3) is 17.1 Å². The summed E-state index contributed by atoms with van der Waals surface area (Å²) in [7, 11) is 1.87. The molecule has 0 saturated carbocycles. The van der Waals surface area contributed by atoms with Crippen LogP contribution in [0.2, 0.25) is 10.0 Å². The molecule has 1 aromatic carbocycles. The van der Waals surface area contributed by atoms with Gasteiger partial charge in [-0.1, -0.05) is 23.2 Å². The summed E-state index contributed by atoms with van der Waals surface area (Å²) >= 11 is 12.0. The maximum atomic E-state index is 6.11. The molecule has 4 aromatic rings. The van der Waals surface area contributed by atoms with E-state index in [4.69, 9.17) is 23.2 Å². The third kappa shape index (κ3) is 2.92. The van der Waals surface area contributed by atoms with Crippen LogP contribution in [0.5, 0.6) is 0 Å². The number of halogens is 2. The molecule has 4 rings (SSSR count). The van der Waals surface area contributed by atoms with Crippen LogP contribution in [-0.4, -0.2) is 29.3 Å². The smallest absolute Gasteiger partial charge is 0.254 e. The molecule has 0 radical (unpaired) electrons. The highest BCUT2D eigenvalue weighted by Crippen LogP contribution is 2.25. The van der Waals surface area contributed by atoms with Crippen molar-refractivity contribution in [1.82, 2.24) is 29.3 Å². The molecule has 7 nitrogen and oxygen atoms in total. The average molecular weight is 374 g/mol. The molecule has 0 aliphatic carbocycles. The summed E-state index contributed by atoms with van der Waals surface area (Å²) in [6.07, 6.45) is 3.37. The molecule has 25 heavy (non-hydrogen) atoms. The highest BCUT2D eigenvalue weighted by molar-refractivity contribution is 6.31. The maximum absolute atomic E-state index is 6.11. The molecule has 1 N–H and O–H groups in total. The predicted molar refractivity (Wildman–Crippen MR) is 97.9 cm³/mol. The Kier molecular flexibility index (Phi) is 3.82. The molecule has 3 heterocycles. The van der Waals surface area contributed by atoms with Gasteiger partial charge in [0.15, 0.2) is 17.0 Å². The second-order valence-corrected chi connectivity index (χ2v) is 6.38. The normalized spacial score (nSPS) is 11.2. The van der Waals surface area contributed by atoms with Crippen LogP contribution in [0.3, 0.4) is 0 Å².